The van der Waals surface area contributed by atoms with Crippen LogP contribution in [-0.4, -0.2) is 27.2 Å². The monoisotopic (exact) mass is 428 g/mol. The summed E-state index contributed by atoms with van der Waals surface area (Å²) in [5.41, 5.74) is -2.35. The average molecular weight is 428 g/mol. The molecule has 11 heteroatoms. The molecule has 30 heavy (non-hydrogen) atoms. The first kappa shape index (κ1) is 21.3. The van der Waals surface area contributed by atoms with Gasteiger partial charge in [0.1, 0.15) is 0 Å². The van der Waals surface area contributed by atoms with Crippen molar-refractivity contribution in [2.24, 2.45) is 0 Å². The van der Waals surface area contributed by atoms with Gasteiger partial charge in [-0.2, -0.15) is 31.4 Å². The number of aromatic nitrogens is 3. The van der Waals surface area contributed by atoms with Gasteiger partial charge in [0.15, 0.2) is 0 Å². The van der Waals surface area contributed by atoms with Crippen LogP contribution in [0.5, 0.6) is 0 Å². The van der Waals surface area contributed by atoms with E-state index >= 15 is 0 Å². The molecule has 158 valence electrons. The van der Waals surface area contributed by atoms with E-state index in [9.17, 15) is 31.1 Å². The third-order valence-electron chi connectivity index (χ3n) is 4.09. The maximum atomic E-state index is 12.9. The number of pyridine rings is 1. The second-order valence-electron chi connectivity index (χ2n) is 6.25. The molecule has 0 atom stereocenters. The molecular weight excluding hydrogens is 414 g/mol. The molecule has 0 saturated carbocycles. The van der Waals surface area contributed by atoms with E-state index in [0.717, 1.165) is 5.56 Å². The third-order valence-corrected chi connectivity index (χ3v) is 4.09. The average Bonchev–Trinajstić information content (AvgIpc) is 3.16. The van der Waals surface area contributed by atoms with Crippen LogP contribution in [0, 0.1) is 0 Å². The van der Waals surface area contributed by atoms with Crippen molar-refractivity contribution in [3.8, 4) is 11.3 Å². The first-order chi connectivity index (χ1) is 14.0. The van der Waals surface area contributed by atoms with E-state index < -0.39 is 35.0 Å². The van der Waals surface area contributed by atoms with Crippen molar-refractivity contribution in [3.63, 3.8) is 0 Å². The lowest BCUT2D eigenvalue weighted by molar-refractivity contribution is -0.143. The highest BCUT2D eigenvalue weighted by atomic mass is 19.4. The highest BCUT2D eigenvalue weighted by Gasteiger charge is 2.37. The molecule has 0 unspecified atom stereocenters. The summed E-state index contributed by atoms with van der Waals surface area (Å²) >= 11 is 0. The fourth-order valence-corrected chi connectivity index (χ4v) is 2.63. The SMILES string of the molecule is O=C(NCCn1ccc(-c2ccncc2)n1)c1cc(C(F)(F)F)cc(C(F)(F)F)c1. The summed E-state index contributed by atoms with van der Waals surface area (Å²) in [5, 5.41) is 6.59. The van der Waals surface area contributed by atoms with E-state index in [1.807, 2.05) is 0 Å². The number of carbonyl (C=O) groups excluding carboxylic acids is 1. The molecule has 0 aliphatic heterocycles. The Morgan fingerprint density at radius 2 is 1.53 bits per heavy atom. The van der Waals surface area contributed by atoms with E-state index in [2.05, 4.69) is 15.4 Å². The second-order valence-corrected chi connectivity index (χ2v) is 6.25. The van der Waals surface area contributed by atoms with E-state index in [1.54, 1.807) is 36.8 Å². The summed E-state index contributed by atoms with van der Waals surface area (Å²) < 4.78 is 78.9. The Kier molecular flexibility index (Phi) is 5.81. The zero-order valence-corrected chi connectivity index (χ0v) is 15.1. The standard InChI is InChI=1S/C19H14F6N4O/c20-18(21,22)14-9-13(10-15(11-14)19(23,24)25)17(30)27-6-8-29-7-3-16(28-29)12-1-4-26-5-2-12/h1-5,7,9-11H,6,8H2,(H,27,30). The van der Waals surface area contributed by atoms with Gasteiger partial charge in [-0.3, -0.25) is 14.5 Å². The highest BCUT2D eigenvalue weighted by molar-refractivity contribution is 5.94. The van der Waals surface area contributed by atoms with Gasteiger partial charge in [-0.15, -0.1) is 0 Å². The Morgan fingerprint density at radius 1 is 0.933 bits per heavy atom. The van der Waals surface area contributed by atoms with Crippen LogP contribution < -0.4 is 5.32 Å². The molecule has 1 N–H and O–H groups in total. The molecule has 3 rings (SSSR count). The number of nitrogens with zero attached hydrogens (tertiary/aromatic N) is 3. The van der Waals surface area contributed by atoms with Gasteiger partial charge in [-0.25, -0.2) is 0 Å². The summed E-state index contributed by atoms with van der Waals surface area (Å²) in [6.07, 6.45) is -5.21. The van der Waals surface area contributed by atoms with Gasteiger partial charge < -0.3 is 5.32 Å². The normalized spacial score (nSPS) is 12.1. The molecule has 0 fully saturated rings. The number of hydrogen-bond acceptors (Lipinski definition) is 3. The van der Waals surface area contributed by atoms with Crippen LogP contribution >= 0.6 is 0 Å². The lowest BCUT2D eigenvalue weighted by Crippen LogP contribution is -2.28. The van der Waals surface area contributed by atoms with Gasteiger partial charge in [-0.05, 0) is 36.4 Å². The Balaban J connectivity index is 1.68. The summed E-state index contributed by atoms with van der Waals surface area (Å²) in [7, 11) is 0. The van der Waals surface area contributed by atoms with Gasteiger partial charge in [-0.1, -0.05) is 0 Å². The number of alkyl halides is 6. The topological polar surface area (TPSA) is 59.8 Å². The van der Waals surface area contributed by atoms with Crippen LogP contribution in [-0.2, 0) is 18.9 Å². The van der Waals surface area contributed by atoms with Gasteiger partial charge in [0.2, 0.25) is 0 Å². The van der Waals surface area contributed by atoms with E-state index in [4.69, 9.17) is 0 Å². The van der Waals surface area contributed by atoms with Crippen LogP contribution in [0.25, 0.3) is 11.3 Å². The minimum atomic E-state index is -5.02. The smallest absolute Gasteiger partial charge is 0.350 e. The number of nitrogens with one attached hydrogen (secondary N) is 1. The first-order valence-corrected chi connectivity index (χ1v) is 8.55. The Hall–Kier alpha value is -3.37. The largest absolute Gasteiger partial charge is 0.416 e. The van der Waals surface area contributed by atoms with Crippen LogP contribution in [0.15, 0.2) is 55.0 Å². The van der Waals surface area contributed by atoms with E-state index in [0.29, 0.717) is 17.8 Å². The van der Waals surface area contributed by atoms with Crippen LogP contribution in [0.1, 0.15) is 21.5 Å². The molecule has 0 aliphatic carbocycles. The van der Waals surface area contributed by atoms with Crippen LogP contribution in [0.3, 0.4) is 0 Å². The van der Waals surface area contributed by atoms with Crippen molar-refractivity contribution < 1.29 is 31.1 Å². The number of amides is 1. The molecule has 1 amide bonds. The highest BCUT2D eigenvalue weighted by Crippen LogP contribution is 2.36. The maximum absolute atomic E-state index is 12.9. The van der Waals surface area contributed by atoms with E-state index in [-0.39, 0.29) is 19.2 Å². The van der Waals surface area contributed by atoms with Gasteiger partial charge >= 0.3 is 12.4 Å². The number of benzene rings is 1. The molecule has 3 aromatic rings. The minimum Gasteiger partial charge on any atom is -0.350 e. The molecular formula is C19H14F6N4O. The van der Waals surface area contributed by atoms with Crippen molar-refractivity contribution in [2.75, 3.05) is 6.54 Å². The fraction of sp³-hybridized carbons (Fsp3) is 0.211. The van der Waals surface area contributed by atoms with Crippen molar-refractivity contribution in [1.29, 1.82) is 0 Å². The molecule has 2 aromatic heterocycles. The second kappa shape index (κ2) is 8.17. The molecule has 0 spiro atoms. The number of hydrogen-bond donors (Lipinski definition) is 1. The Morgan fingerprint density at radius 3 is 2.10 bits per heavy atom. The van der Waals surface area contributed by atoms with Crippen molar-refractivity contribution >= 4 is 5.91 Å². The van der Waals surface area contributed by atoms with Gasteiger partial charge in [0.05, 0.1) is 23.4 Å². The van der Waals surface area contributed by atoms with Crippen LogP contribution in [0.2, 0.25) is 0 Å². The van der Waals surface area contributed by atoms with Gasteiger partial charge in [0, 0.05) is 36.3 Å². The molecule has 1 aromatic carbocycles. The summed E-state index contributed by atoms with van der Waals surface area (Å²) in [6, 6.07) is 5.97. The fourth-order valence-electron chi connectivity index (χ4n) is 2.63. The summed E-state index contributed by atoms with van der Waals surface area (Å²) in [5.74, 6) is -1.05. The molecule has 5 nitrogen and oxygen atoms in total. The number of rotatable bonds is 5. The Labute approximate surface area is 166 Å². The van der Waals surface area contributed by atoms with Crippen molar-refractivity contribution in [2.45, 2.75) is 18.9 Å². The predicted molar refractivity (Wildman–Crippen MR) is 94.2 cm³/mol. The number of carbonyl (C=O) groups is 1. The zero-order valence-electron chi connectivity index (χ0n) is 15.1. The minimum absolute atomic E-state index is 0.0266. The molecule has 0 radical (unpaired) electrons. The third kappa shape index (κ3) is 5.16. The van der Waals surface area contributed by atoms with Crippen LogP contribution in [0.4, 0.5) is 26.3 Å². The molecule has 0 aliphatic rings. The van der Waals surface area contributed by atoms with Crippen molar-refractivity contribution in [3.05, 3.63) is 71.7 Å². The summed E-state index contributed by atoms with van der Waals surface area (Å²) in [4.78, 5) is 16.0. The van der Waals surface area contributed by atoms with E-state index in [1.165, 1.54) is 4.68 Å². The first-order valence-electron chi connectivity index (χ1n) is 8.55. The number of halogens is 6. The predicted octanol–water partition coefficient (Wildman–Crippen LogP) is 4.41. The lowest BCUT2D eigenvalue weighted by atomic mass is 10.0. The Bertz CT molecular complexity index is 995. The van der Waals surface area contributed by atoms with Gasteiger partial charge in [0.25, 0.3) is 5.91 Å². The molecule has 0 bridgehead atoms. The quantitative estimate of drug-likeness (QED) is 0.613. The lowest BCUT2D eigenvalue weighted by Gasteiger charge is -2.14. The molecule has 0 saturated heterocycles. The molecule has 2 heterocycles. The summed E-state index contributed by atoms with van der Waals surface area (Å²) in [6.45, 7) is 0.121. The zero-order chi connectivity index (χ0) is 21.9. The maximum Gasteiger partial charge on any atom is 0.416 e. The van der Waals surface area contributed by atoms with Crippen molar-refractivity contribution in [1.82, 2.24) is 20.1 Å².